The first kappa shape index (κ1) is 20.0. The Labute approximate surface area is 180 Å². The molecule has 0 aliphatic carbocycles. The molecule has 1 atom stereocenters. The number of hydrogen-bond donors (Lipinski definition) is 2. The number of alkyl halides is 2. The van der Waals surface area contributed by atoms with E-state index < -0.39 is 18.2 Å². The summed E-state index contributed by atoms with van der Waals surface area (Å²) in [6.45, 7) is -0.0107. The Bertz CT molecular complexity index is 1370. The van der Waals surface area contributed by atoms with E-state index in [1.54, 1.807) is 36.5 Å². The fraction of sp³-hybridized carbons (Fsp3) is 0.227. The number of nitrogens with one attached hydrogen (secondary N) is 1. The molecule has 0 radical (unpaired) electrons. The molecule has 0 saturated heterocycles. The SMILES string of the molecule is COc1ccc(C#N)c(-c2c(-c3c(C(F)F)nn4c3OC[C@H](O)C4)[nH]c3ncccc23)c1. The second kappa shape index (κ2) is 7.62. The summed E-state index contributed by atoms with van der Waals surface area (Å²) in [5, 5.41) is 24.3. The van der Waals surface area contributed by atoms with Gasteiger partial charge in [0.05, 0.1) is 36.5 Å². The molecule has 0 amide bonds. The minimum Gasteiger partial charge on any atom is -0.497 e. The van der Waals surface area contributed by atoms with E-state index in [9.17, 15) is 19.1 Å². The first-order valence-corrected chi connectivity index (χ1v) is 9.77. The first-order valence-electron chi connectivity index (χ1n) is 9.77. The minimum absolute atomic E-state index is 0.0332. The van der Waals surface area contributed by atoms with Gasteiger partial charge in [-0.1, -0.05) is 0 Å². The van der Waals surface area contributed by atoms with Crippen molar-refractivity contribution in [3.05, 3.63) is 47.8 Å². The van der Waals surface area contributed by atoms with Crippen LogP contribution in [-0.4, -0.2) is 44.7 Å². The van der Waals surface area contributed by atoms with Crippen molar-refractivity contribution in [2.75, 3.05) is 13.7 Å². The Hall–Kier alpha value is -3.97. The molecular formula is C22H17F2N5O3. The Kier molecular flexibility index (Phi) is 4.75. The minimum atomic E-state index is -2.89. The lowest BCUT2D eigenvalue weighted by Crippen LogP contribution is -2.30. The molecular weight excluding hydrogens is 420 g/mol. The largest absolute Gasteiger partial charge is 0.497 e. The summed E-state index contributed by atoms with van der Waals surface area (Å²) in [6, 6.07) is 10.6. The smallest absolute Gasteiger partial charge is 0.282 e. The third-order valence-electron chi connectivity index (χ3n) is 5.37. The summed E-state index contributed by atoms with van der Waals surface area (Å²) < 4.78 is 40.3. The average molecular weight is 437 g/mol. The van der Waals surface area contributed by atoms with Crippen LogP contribution in [-0.2, 0) is 6.54 Å². The van der Waals surface area contributed by atoms with Crippen molar-refractivity contribution in [2.24, 2.45) is 0 Å². The second-order valence-electron chi connectivity index (χ2n) is 7.31. The monoisotopic (exact) mass is 437 g/mol. The van der Waals surface area contributed by atoms with Gasteiger partial charge < -0.3 is 19.6 Å². The van der Waals surface area contributed by atoms with Gasteiger partial charge in [-0.3, -0.25) is 0 Å². The van der Waals surface area contributed by atoms with E-state index in [1.807, 2.05) is 0 Å². The molecule has 2 N–H and O–H groups in total. The van der Waals surface area contributed by atoms with Gasteiger partial charge in [-0.25, -0.2) is 18.4 Å². The van der Waals surface area contributed by atoms with Crippen LogP contribution >= 0.6 is 0 Å². The van der Waals surface area contributed by atoms with E-state index in [-0.39, 0.29) is 24.6 Å². The molecule has 3 aromatic heterocycles. The number of pyridine rings is 1. The number of aliphatic hydroxyl groups is 1. The Morgan fingerprint density at radius 1 is 1.34 bits per heavy atom. The predicted molar refractivity (Wildman–Crippen MR) is 110 cm³/mol. The zero-order valence-corrected chi connectivity index (χ0v) is 16.8. The summed E-state index contributed by atoms with van der Waals surface area (Å²) >= 11 is 0. The number of hydrogen-bond acceptors (Lipinski definition) is 6. The molecule has 0 spiro atoms. The highest BCUT2D eigenvalue weighted by Gasteiger charge is 2.33. The molecule has 1 aromatic carbocycles. The van der Waals surface area contributed by atoms with Crippen LogP contribution in [0.5, 0.6) is 11.6 Å². The second-order valence-corrected chi connectivity index (χ2v) is 7.31. The number of ether oxygens (including phenoxy) is 2. The highest BCUT2D eigenvalue weighted by molar-refractivity contribution is 6.04. The maximum absolute atomic E-state index is 14.1. The number of aromatic amines is 1. The van der Waals surface area contributed by atoms with E-state index in [0.717, 1.165) is 0 Å². The van der Waals surface area contributed by atoms with Gasteiger partial charge >= 0.3 is 0 Å². The molecule has 0 bridgehead atoms. The van der Waals surface area contributed by atoms with Crippen LogP contribution in [0.25, 0.3) is 33.4 Å². The van der Waals surface area contributed by atoms with Gasteiger partial charge in [-0.15, -0.1) is 0 Å². The van der Waals surface area contributed by atoms with Crippen molar-refractivity contribution >= 4 is 11.0 Å². The van der Waals surface area contributed by atoms with Crippen LogP contribution in [0, 0.1) is 11.3 Å². The normalized spacial score (nSPS) is 15.4. The van der Waals surface area contributed by atoms with Crippen molar-refractivity contribution in [1.82, 2.24) is 19.7 Å². The highest BCUT2D eigenvalue weighted by Crippen LogP contribution is 2.46. The van der Waals surface area contributed by atoms with E-state index in [2.05, 4.69) is 21.1 Å². The number of methoxy groups -OCH3 is 1. The highest BCUT2D eigenvalue weighted by atomic mass is 19.3. The molecule has 0 fully saturated rings. The fourth-order valence-corrected chi connectivity index (χ4v) is 3.99. The number of nitriles is 1. The molecule has 4 heterocycles. The van der Waals surface area contributed by atoms with Crippen LogP contribution in [0.2, 0.25) is 0 Å². The molecule has 5 rings (SSSR count). The molecule has 0 saturated carbocycles. The first-order chi connectivity index (χ1) is 15.5. The third kappa shape index (κ3) is 3.06. The standard InChI is InChI=1S/C22H17F2N5O3/c1-31-13-5-4-11(8-25)15(7-13)16-14-3-2-6-26-21(14)27-18(16)17-19(20(23)24)28-29-9-12(30)10-32-22(17)29/h2-7,12,20,30H,9-10H2,1H3,(H,26,27)/t12-/m1/s1. The molecule has 1 aliphatic heterocycles. The summed E-state index contributed by atoms with van der Waals surface area (Å²) in [4.78, 5) is 7.45. The van der Waals surface area contributed by atoms with Gasteiger partial charge in [-0.2, -0.15) is 10.4 Å². The van der Waals surface area contributed by atoms with Gasteiger partial charge in [0, 0.05) is 22.7 Å². The molecule has 0 unspecified atom stereocenters. The van der Waals surface area contributed by atoms with E-state index in [4.69, 9.17) is 9.47 Å². The molecule has 8 nitrogen and oxygen atoms in total. The van der Waals surface area contributed by atoms with Crippen LogP contribution in [0.3, 0.4) is 0 Å². The van der Waals surface area contributed by atoms with Gasteiger partial charge in [-0.05, 0) is 30.3 Å². The lowest BCUT2D eigenvalue weighted by Gasteiger charge is -2.21. The number of aromatic nitrogens is 4. The van der Waals surface area contributed by atoms with E-state index in [0.29, 0.717) is 39.2 Å². The summed E-state index contributed by atoms with van der Waals surface area (Å²) in [5.74, 6) is 0.633. The Balaban J connectivity index is 1.87. The topological polar surface area (TPSA) is 109 Å². The van der Waals surface area contributed by atoms with E-state index in [1.165, 1.54) is 11.8 Å². The zero-order valence-electron chi connectivity index (χ0n) is 16.8. The van der Waals surface area contributed by atoms with Crippen LogP contribution in [0.4, 0.5) is 8.78 Å². The third-order valence-corrected chi connectivity index (χ3v) is 5.37. The number of halogens is 2. The molecule has 4 aromatic rings. The van der Waals surface area contributed by atoms with Crippen molar-refractivity contribution < 1.29 is 23.4 Å². The number of H-pyrrole nitrogens is 1. The Morgan fingerprint density at radius 2 is 2.19 bits per heavy atom. The van der Waals surface area contributed by atoms with Gasteiger partial charge in [0.15, 0.2) is 0 Å². The quantitative estimate of drug-likeness (QED) is 0.504. The molecule has 32 heavy (non-hydrogen) atoms. The Morgan fingerprint density at radius 3 is 2.94 bits per heavy atom. The van der Waals surface area contributed by atoms with Gasteiger partial charge in [0.2, 0.25) is 5.88 Å². The molecule has 162 valence electrons. The van der Waals surface area contributed by atoms with Crippen molar-refractivity contribution in [3.63, 3.8) is 0 Å². The number of nitrogens with zero attached hydrogens (tertiary/aromatic N) is 4. The maximum atomic E-state index is 14.1. The number of fused-ring (bicyclic) bond motifs is 2. The van der Waals surface area contributed by atoms with Crippen LogP contribution in [0.1, 0.15) is 17.7 Å². The van der Waals surface area contributed by atoms with Crippen LogP contribution < -0.4 is 9.47 Å². The van der Waals surface area contributed by atoms with Crippen molar-refractivity contribution in [3.8, 4) is 40.1 Å². The number of benzene rings is 1. The lowest BCUT2D eigenvalue weighted by atomic mass is 9.95. The van der Waals surface area contributed by atoms with E-state index >= 15 is 0 Å². The molecule has 10 heteroatoms. The van der Waals surface area contributed by atoms with Gasteiger partial charge in [0.25, 0.3) is 6.43 Å². The fourth-order valence-electron chi connectivity index (χ4n) is 3.99. The van der Waals surface area contributed by atoms with Crippen molar-refractivity contribution in [2.45, 2.75) is 19.1 Å². The summed E-state index contributed by atoms with van der Waals surface area (Å²) in [6.07, 6.45) is -2.16. The zero-order chi connectivity index (χ0) is 22.4. The predicted octanol–water partition coefficient (Wildman–Crippen LogP) is 3.66. The lowest BCUT2D eigenvalue weighted by molar-refractivity contribution is 0.0556. The number of rotatable bonds is 4. The summed E-state index contributed by atoms with van der Waals surface area (Å²) in [7, 11) is 1.50. The van der Waals surface area contributed by atoms with Crippen LogP contribution in [0.15, 0.2) is 36.5 Å². The summed E-state index contributed by atoms with van der Waals surface area (Å²) in [5.41, 5.74) is 1.70. The molecule has 1 aliphatic rings. The average Bonchev–Trinajstić information content (AvgIpc) is 3.36. The van der Waals surface area contributed by atoms with Gasteiger partial charge in [0.1, 0.15) is 29.8 Å². The number of aliphatic hydroxyl groups excluding tert-OH is 1. The van der Waals surface area contributed by atoms with Crippen molar-refractivity contribution in [1.29, 1.82) is 5.26 Å². The maximum Gasteiger partial charge on any atom is 0.282 e.